The predicted octanol–water partition coefficient (Wildman–Crippen LogP) is 4.58. The normalized spacial score (nSPS) is 39.7. The van der Waals surface area contributed by atoms with Crippen molar-refractivity contribution in [2.45, 2.75) is 71.1 Å². The third kappa shape index (κ3) is 2.54. The van der Waals surface area contributed by atoms with Gasteiger partial charge in [-0.25, -0.2) is 0 Å². The SMILES string of the molecule is CC12CCC[C@H]1[C@H]1C(=C3CCC(=O)C=C3C[C@@H]1CCCO)CC2. The number of aliphatic hydroxyl groups excluding tert-OH is 1. The summed E-state index contributed by atoms with van der Waals surface area (Å²) in [5, 5.41) is 9.32. The molecule has 0 saturated heterocycles. The molecule has 0 aliphatic heterocycles. The van der Waals surface area contributed by atoms with E-state index in [4.69, 9.17) is 0 Å². The lowest BCUT2D eigenvalue weighted by atomic mass is 9.54. The Morgan fingerprint density at radius 3 is 2.96 bits per heavy atom. The van der Waals surface area contributed by atoms with E-state index in [2.05, 4.69) is 6.92 Å². The number of carbonyl (C=O) groups excluding carboxylic acids is 1. The van der Waals surface area contributed by atoms with Gasteiger partial charge in [-0.05, 0) is 91.8 Å². The van der Waals surface area contributed by atoms with E-state index in [0.29, 0.717) is 23.7 Å². The minimum atomic E-state index is 0.301. The van der Waals surface area contributed by atoms with Crippen LogP contribution in [0.15, 0.2) is 22.8 Å². The van der Waals surface area contributed by atoms with E-state index in [-0.39, 0.29) is 0 Å². The van der Waals surface area contributed by atoms with Crippen LogP contribution in [-0.4, -0.2) is 17.5 Å². The summed E-state index contributed by atoms with van der Waals surface area (Å²) < 4.78 is 0. The Morgan fingerprint density at radius 2 is 2.13 bits per heavy atom. The molecule has 2 heteroatoms. The van der Waals surface area contributed by atoms with Crippen molar-refractivity contribution < 1.29 is 9.90 Å². The molecule has 0 radical (unpaired) electrons. The molecule has 4 aliphatic carbocycles. The topological polar surface area (TPSA) is 37.3 Å². The van der Waals surface area contributed by atoms with Gasteiger partial charge < -0.3 is 5.11 Å². The molecule has 0 spiro atoms. The van der Waals surface area contributed by atoms with Gasteiger partial charge in [-0.15, -0.1) is 0 Å². The van der Waals surface area contributed by atoms with Gasteiger partial charge in [0.2, 0.25) is 0 Å². The molecule has 2 saturated carbocycles. The summed E-state index contributed by atoms with van der Waals surface area (Å²) >= 11 is 0. The van der Waals surface area contributed by atoms with E-state index in [1.54, 1.807) is 11.1 Å². The second-order valence-electron chi connectivity index (χ2n) is 8.65. The van der Waals surface area contributed by atoms with Gasteiger partial charge in [-0.2, -0.15) is 0 Å². The summed E-state index contributed by atoms with van der Waals surface area (Å²) in [5.74, 6) is 2.57. The van der Waals surface area contributed by atoms with Crippen LogP contribution in [0.5, 0.6) is 0 Å². The predicted molar refractivity (Wildman–Crippen MR) is 91.9 cm³/mol. The van der Waals surface area contributed by atoms with Crippen LogP contribution in [0, 0.1) is 23.2 Å². The lowest BCUT2D eigenvalue weighted by Crippen LogP contribution is -2.41. The van der Waals surface area contributed by atoms with Crippen LogP contribution in [0.2, 0.25) is 0 Å². The molecule has 23 heavy (non-hydrogen) atoms. The van der Waals surface area contributed by atoms with Crippen molar-refractivity contribution in [1.82, 2.24) is 0 Å². The molecule has 4 atom stereocenters. The maximum absolute atomic E-state index is 11.9. The summed E-state index contributed by atoms with van der Waals surface area (Å²) in [6, 6.07) is 0. The summed E-state index contributed by atoms with van der Waals surface area (Å²) in [4.78, 5) is 11.9. The highest BCUT2D eigenvalue weighted by Gasteiger charge is 2.51. The van der Waals surface area contributed by atoms with Crippen LogP contribution in [-0.2, 0) is 4.79 Å². The molecular formula is C21H30O2. The van der Waals surface area contributed by atoms with Crippen molar-refractivity contribution >= 4 is 5.78 Å². The smallest absolute Gasteiger partial charge is 0.156 e. The number of allylic oxidation sites excluding steroid dienone is 4. The molecule has 0 bridgehead atoms. The first-order chi connectivity index (χ1) is 11.1. The second kappa shape index (κ2) is 5.88. The van der Waals surface area contributed by atoms with E-state index in [1.807, 2.05) is 6.08 Å². The Balaban J connectivity index is 1.74. The lowest BCUT2D eigenvalue weighted by Gasteiger charge is -2.50. The fourth-order valence-corrected chi connectivity index (χ4v) is 6.33. The molecule has 2 fully saturated rings. The van der Waals surface area contributed by atoms with Gasteiger partial charge in [-0.3, -0.25) is 4.79 Å². The monoisotopic (exact) mass is 314 g/mol. The first-order valence-electron chi connectivity index (χ1n) is 9.69. The number of hydrogen-bond acceptors (Lipinski definition) is 2. The van der Waals surface area contributed by atoms with Gasteiger partial charge >= 0.3 is 0 Å². The molecule has 126 valence electrons. The number of aliphatic hydroxyl groups is 1. The van der Waals surface area contributed by atoms with Gasteiger partial charge in [0.25, 0.3) is 0 Å². The molecule has 1 N–H and O–H groups in total. The fraction of sp³-hybridized carbons (Fsp3) is 0.762. The van der Waals surface area contributed by atoms with Gasteiger partial charge in [0.05, 0.1) is 0 Å². The Kier molecular flexibility index (Phi) is 3.99. The Morgan fingerprint density at radius 1 is 1.26 bits per heavy atom. The van der Waals surface area contributed by atoms with Crippen LogP contribution in [0.1, 0.15) is 71.1 Å². The minimum Gasteiger partial charge on any atom is -0.396 e. The first kappa shape index (κ1) is 15.6. The highest BCUT2D eigenvalue weighted by Crippen LogP contribution is 2.61. The highest BCUT2D eigenvalue weighted by molar-refractivity contribution is 5.93. The number of hydrogen-bond donors (Lipinski definition) is 1. The van der Waals surface area contributed by atoms with Gasteiger partial charge in [0.1, 0.15) is 0 Å². The zero-order valence-electron chi connectivity index (χ0n) is 14.4. The Labute approximate surface area is 140 Å². The van der Waals surface area contributed by atoms with Crippen molar-refractivity contribution in [1.29, 1.82) is 0 Å². The zero-order valence-corrected chi connectivity index (χ0v) is 14.4. The van der Waals surface area contributed by atoms with E-state index in [0.717, 1.165) is 43.9 Å². The van der Waals surface area contributed by atoms with Crippen LogP contribution in [0.3, 0.4) is 0 Å². The molecule has 2 nitrogen and oxygen atoms in total. The van der Waals surface area contributed by atoms with E-state index >= 15 is 0 Å². The third-order valence-electron chi connectivity index (χ3n) is 7.41. The number of ketones is 1. The number of rotatable bonds is 3. The summed E-state index contributed by atoms with van der Waals surface area (Å²) in [7, 11) is 0. The lowest BCUT2D eigenvalue weighted by molar-refractivity contribution is -0.114. The average molecular weight is 314 g/mol. The largest absolute Gasteiger partial charge is 0.396 e. The van der Waals surface area contributed by atoms with Crippen molar-refractivity contribution in [2.24, 2.45) is 23.2 Å². The van der Waals surface area contributed by atoms with Crippen LogP contribution < -0.4 is 0 Å². The molecule has 0 aromatic rings. The maximum atomic E-state index is 11.9. The van der Waals surface area contributed by atoms with E-state index in [1.165, 1.54) is 37.7 Å². The Hall–Kier alpha value is -0.890. The summed E-state index contributed by atoms with van der Waals surface area (Å²) in [5.41, 5.74) is 5.21. The molecule has 0 amide bonds. The molecular weight excluding hydrogens is 284 g/mol. The highest BCUT2D eigenvalue weighted by atomic mass is 16.2. The molecule has 4 aliphatic rings. The number of fused-ring (bicyclic) bond motifs is 4. The van der Waals surface area contributed by atoms with Crippen LogP contribution in [0.4, 0.5) is 0 Å². The van der Waals surface area contributed by atoms with E-state index < -0.39 is 0 Å². The minimum absolute atomic E-state index is 0.301. The van der Waals surface area contributed by atoms with Crippen molar-refractivity contribution in [3.8, 4) is 0 Å². The zero-order chi connectivity index (χ0) is 16.0. The van der Waals surface area contributed by atoms with Crippen LogP contribution >= 0.6 is 0 Å². The number of carbonyl (C=O) groups is 1. The molecule has 4 rings (SSSR count). The van der Waals surface area contributed by atoms with E-state index in [9.17, 15) is 9.90 Å². The summed E-state index contributed by atoms with van der Waals surface area (Å²) in [6.45, 7) is 2.83. The van der Waals surface area contributed by atoms with Gasteiger partial charge in [-0.1, -0.05) is 18.9 Å². The van der Waals surface area contributed by atoms with Crippen molar-refractivity contribution in [3.63, 3.8) is 0 Å². The molecule has 1 unspecified atom stereocenters. The standard InChI is InChI=1S/C21H30O2/c1-21-9-2-5-19(21)20-14(4-3-11-22)12-15-13-16(23)6-7-17(15)18(20)8-10-21/h13-14,19-20,22H,2-12H2,1H3/t14-,19-,20+,21?/m0/s1. The quantitative estimate of drug-likeness (QED) is 0.828. The second-order valence-corrected chi connectivity index (χ2v) is 8.65. The average Bonchev–Trinajstić information content (AvgIpc) is 2.93. The van der Waals surface area contributed by atoms with Crippen LogP contribution in [0.25, 0.3) is 0 Å². The van der Waals surface area contributed by atoms with Gasteiger partial charge in [0, 0.05) is 13.0 Å². The third-order valence-corrected chi connectivity index (χ3v) is 7.41. The van der Waals surface area contributed by atoms with Crippen molar-refractivity contribution in [2.75, 3.05) is 6.61 Å². The molecule has 0 aromatic carbocycles. The molecule has 0 aromatic heterocycles. The fourth-order valence-electron chi connectivity index (χ4n) is 6.33. The maximum Gasteiger partial charge on any atom is 0.156 e. The van der Waals surface area contributed by atoms with Gasteiger partial charge in [0.15, 0.2) is 5.78 Å². The van der Waals surface area contributed by atoms with Crippen molar-refractivity contribution in [3.05, 3.63) is 22.8 Å². The molecule has 0 heterocycles. The summed E-state index contributed by atoms with van der Waals surface area (Å²) in [6.07, 6.45) is 13.6. The Bertz CT molecular complexity index is 570. The first-order valence-corrected chi connectivity index (χ1v) is 9.69.